The predicted molar refractivity (Wildman–Crippen MR) is 87.0 cm³/mol. The first-order chi connectivity index (χ1) is 9.95. The molecule has 0 unspecified atom stereocenters. The number of aromatic nitrogens is 1. The van der Waals surface area contributed by atoms with Crippen molar-refractivity contribution in [2.45, 2.75) is 20.3 Å². The van der Waals surface area contributed by atoms with Crippen molar-refractivity contribution in [3.05, 3.63) is 35.5 Å². The molecule has 1 aromatic heterocycles. The maximum Gasteiger partial charge on any atom is 0.144 e. The molecule has 4 N–H and O–H groups in total. The van der Waals surface area contributed by atoms with Gasteiger partial charge < -0.3 is 16.3 Å². The first kappa shape index (κ1) is 15.4. The summed E-state index contributed by atoms with van der Waals surface area (Å²) in [6.45, 7) is 4.54. The van der Waals surface area contributed by atoms with Crippen LogP contribution in [0, 0.1) is 5.41 Å². The largest absolute Gasteiger partial charge is 0.409 e. The molecule has 21 heavy (non-hydrogen) atoms. The molecule has 0 aliphatic heterocycles. The van der Waals surface area contributed by atoms with Gasteiger partial charge in [-0.3, -0.25) is 4.98 Å². The van der Waals surface area contributed by atoms with E-state index in [-0.39, 0.29) is 11.3 Å². The van der Waals surface area contributed by atoms with Crippen LogP contribution in [0.25, 0.3) is 10.9 Å². The molecular weight excluding hydrogens is 288 g/mol. The van der Waals surface area contributed by atoms with Crippen molar-refractivity contribution >= 4 is 34.0 Å². The normalized spacial score (nSPS) is 12.6. The topological polar surface area (TPSA) is 83.5 Å². The molecule has 6 heteroatoms. The molecule has 0 saturated heterocycles. The van der Waals surface area contributed by atoms with Gasteiger partial charge in [-0.15, -0.1) is 0 Å². The van der Waals surface area contributed by atoms with Crippen LogP contribution in [0.15, 0.2) is 35.6 Å². The summed E-state index contributed by atoms with van der Waals surface area (Å²) in [4.78, 5) is 4.37. The number of benzene rings is 1. The van der Waals surface area contributed by atoms with Crippen molar-refractivity contribution in [2.24, 2.45) is 16.3 Å². The SMILES string of the molecule is CC(C)(CCNc1ccc(Cl)c2cccnc12)/C(N)=N/O. The first-order valence-corrected chi connectivity index (χ1v) is 7.08. The highest BCUT2D eigenvalue weighted by atomic mass is 35.5. The molecule has 0 spiro atoms. The Balaban J connectivity index is 2.13. The van der Waals surface area contributed by atoms with Crippen LogP contribution in [-0.4, -0.2) is 22.6 Å². The molecule has 112 valence electrons. The molecule has 0 fully saturated rings. The van der Waals surface area contributed by atoms with Gasteiger partial charge in [0.15, 0.2) is 0 Å². The second-order valence-corrected chi connectivity index (χ2v) is 5.95. The number of anilines is 1. The molecule has 1 aromatic carbocycles. The third kappa shape index (κ3) is 3.36. The van der Waals surface area contributed by atoms with Gasteiger partial charge in [-0.25, -0.2) is 0 Å². The van der Waals surface area contributed by atoms with E-state index in [2.05, 4.69) is 15.5 Å². The first-order valence-electron chi connectivity index (χ1n) is 6.71. The summed E-state index contributed by atoms with van der Waals surface area (Å²) in [7, 11) is 0. The molecule has 0 aliphatic rings. The third-order valence-corrected chi connectivity index (χ3v) is 3.91. The van der Waals surface area contributed by atoms with Gasteiger partial charge in [-0.1, -0.05) is 30.6 Å². The number of pyridine rings is 1. The lowest BCUT2D eigenvalue weighted by atomic mass is 9.88. The molecule has 2 rings (SSSR count). The van der Waals surface area contributed by atoms with Crippen LogP contribution in [0.4, 0.5) is 5.69 Å². The molecule has 0 amide bonds. The summed E-state index contributed by atoms with van der Waals surface area (Å²) in [5.74, 6) is 0.225. The second-order valence-electron chi connectivity index (χ2n) is 5.54. The number of rotatable bonds is 5. The van der Waals surface area contributed by atoms with Crippen LogP contribution in [-0.2, 0) is 0 Å². The Hall–Kier alpha value is -2.01. The Bertz CT molecular complexity index is 670. The minimum absolute atomic E-state index is 0.225. The second kappa shape index (κ2) is 6.18. The van der Waals surface area contributed by atoms with Gasteiger partial charge in [0.25, 0.3) is 0 Å². The van der Waals surface area contributed by atoms with Gasteiger partial charge in [0.1, 0.15) is 5.84 Å². The standard InChI is InChI=1S/C15H19ClN4O/c1-15(2,14(17)20-21)7-9-18-12-6-5-11(16)10-4-3-8-19-13(10)12/h3-6,8,18,21H,7,9H2,1-2H3,(H2,17,20). The lowest BCUT2D eigenvalue weighted by Gasteiger charge is -2.23. The zero-order valence-electron chi connectivity index (χ0n) is 12.1. The smallest absolute Gasteiger partial charge is 0.144 e. The number of amidine groups is 1. The molecule has 0 bridgehead atoms. The van der Waals surface area contributed by atoms with E-state index in [9.17, 15) is 0 Å². The van der Waals surface area contributed by atoms with E-state index in [1.54, 1.807) is 6.20 Å². The van der Waals surface area contributed by atoms with Crippen LogP contribution < -0.4 is 11.1 Å². The zero-order valence-corrected chi connectivity index (χ0v) is 12.9. The van der Waals surface area contributed by atoms with E-state index in [1.807, 2.05) is 38.1 Å². The summed E-state index contributed by atoms with van der Waals surface area (Å²) in [6.07, 6.45) is 2.46. The van der Waals surface area contributed by atoms with Crippen LogP contribution in [0.3, 0.4) is 0 Å². The highest BCUT2D eigenvalue weighted by Gasteiger charge is 2.23. The average Bonchev–Trinajstić information content (AvgIpc) is 2.49. The van der Waals surface area contributed by atoms with E-state index in [0.717, 1.165) is 23.0 Å². The van der Waals surface area contributed by atoms with Gasteiger partial charge in [0, 0.05) is 23.5 Å². The molecule has 0 radical (unpaired) electrons. The van der Waals surface area contributed by atoms with Gasteiger partial charge in [-0.2, -0.15) is 0 Å². The minimum Gasteiger partial charge on any atom is -0.409 e. The summed E-state index contributed by atoms with van der Waals surface area (Å²) in [5, 5.41) is 16.8. The maximum atomic E-state index is 8.78. The Morgan fingerprint density at radius 1 is 1.43 bits per heavy atom. The van der Waals surface area contributed by atoms with Crippen molar-refractivity contribution in [2.75, 3.05) is 11.9 Å². The number of nitrogens with zero attached hydrogens (tertiary/aromatic N) is 2. The number of fused-ring (bicyclic) bond motifs is 1. The van der Waals surface area contributed by atoms with Crippen LogP contribution in [0.1, 0.15) is 20.3 Å². The number of nitrogens with one attached hydrogen (secondary N) is 1. The number of halogens is 1. The fourth-order valence-electron chi connectivity index (χ4n) is 2.05. The van der Waals surface area contributed by atoms with Gasteiger partial charge >= 0.3 is 0 Å². The number of nitrogens with two attached hydrogens (primary N) is 1. The fourth-order valence-corrected chi connectivity index (χ4v) is 2.27. The highest BCUT2D eigenvalue weighted by molar-refractivity contribution is 6.35. The Labute approximate surface area is 128 Å². The monoisotopic (exact) mass is 306 g/mol. The summed E-state index contributed by atoms with van der Waals surface area (Å²) < 4.78 is 0. The van der Waals surface area contributed by atoms with Crippen molar-refractivity contribution in [3.8, 4) is 0 Å². The average molecular weight is 307 g/mol. The lowest BCUT2D eigenvalue weighted by Crippen LogP contribution is -2.33. The minimum atomic E-state index is -0.378. The van der Waals surface area contributed by atoms with Crippen molar-refractivity contribution in [3.63, 3.8) is 0 Å². The molecule has 5 nitrogen and oxygen atoms in total. The van der Waals surface area contributed by atoms with Gasteiger partial charge in [0.2, 0.25) is 0 Å². The number of hydrogen-bond donors (Lipinski definition) is 3. The van der Waals surface area contributed by atoms with E-state index in [1.165, 1.54) is 0 Å². The highest BCUT2D eigenvalue weighted by Crippen LogP contribution is 2.28. The summed E-state index contributed by atoms with van der Waals surface area (Å²) >= 11 is 6.17. The molecule has 0 aliphatic carbocycles. The van der Waals surface area contributed by atoms with Crippen molar-refractivity contribution in [1.29, 1.82) is 0 Å². The van der Waals surface area contributed by atoms with Gasteiger partial charge in [-0.05, 0) is 30.7 Å². The number of hydrogen-bond acceptors (Lipinski definition) is 4. The third-order valence-electron chi connectivity index (χ3n) is 3.58. The lowest BCUT2D eigenvalue weighted by molar-refractivity contribution is 0.306. The van der Waals surface area contributed by atoms with E-state index < -0.39 is 0 Å². The predicted octanol–water partition coefficient (Wildman–Crippen LogP) is 3.46. The van der Waals surface area contributed by atoms with Crippen LogP contribution in [0.5, 0.6) is 0 Å². The van der Waals surface area contributed by atoms with Crippen LogP contribution in [0.2, 0.25) is 5.02 Å². The van der Waals surface area contributed by atoms with Crippen molar-refractivity contribution in [1.82, 2.24) is 4.98 Å². The molecule has 1 heterocycles. The molecule has 0 atom stereocenters. The molecular formula is C15H19ClN4O. The van der Waals surface area contributed by atoms with E-state index in [4.69, 9.17) is 22.5 Å². The van der Waals surface area contributed by atoms with Crippen molar-refractivity contribution < 1.29 is 5.21 Å². The molecule has 0 saturated carbocycles. The van der Waals surface area contributed by atoms with Gasteiger partial charge in [0.05, 0.1) is 16.2 Å². The van der Waals surface area contributed by atoms with E-state index >= 15 is 0 Å². The quantitative estimate of drug-likeness (QED) is 0.342. The Morgan fingerprint density at radius 2 is 2.19 bits per heavy atom. The zero-order chi connectivity index (χ0) is 15.5. The fraction of sp³-hybridized carbons (Fsp3) is 0.333. The Kier molecular flexibility index (Phi) is 4.53. The van der Waals surface area contributed by atoms with E-state index in [0.29, 0.717) is 11.6 Å². The summed E-state index contributed by atoms with van der Waals surface area (Å²) in [6, 6.07) is 7.56. The maximum absolute atomic E-state index is 8.78. The Morgan fingerprint density at radius 3 is 2.90 bits per heavy atom. The summed E-state index contributed by atoms with van der Waals surface area (Å²) in [5.41, 5.74) is 7.07. The molecule has 2 aromatic rings. The van der Waals surface area contributed by atoms with Crippen LogP contribution >= 0.6 is 11.6 Å². The number of oxime groups is 1.